The predicted octanol–water partition coefficient (Wildman–Crippen LogP) is 6.57. The molecule has 1 aliphatic rings. The van der Waals surface area contributed by atoms with Crippen LogP contribution in [0.5, 0.6) is 0 Å². The molecule has 0 saturated carbocycles. The maximum atomic E-state index is 15.4. The molecule has 0 fully saturated rings. The first kappa shape index (κ1) is 24.6. The Hall–Kier alpha value is -4.72. The Morgan fingerprint density at radius 2 is 2.05 bits per heavy atom. The summed E-state index contributed by atoms with van der Waals surface area (Å²) in [5, 5.41) is 1.60. The van der Waals surface area contributed by atoms with E-state index in [1.54, 1.807) is 34.9 Å². The molecule has 0 aliphatic heterocycles. The first-order valence-corrected chi connectivity index (χ1v) is 12.9. The average Bonchev–Trinajstić information content (AvgIpc) is 3.53. The molecule has 0 bridgehead atoms. The fraction of sp³-hybridized carbons (Fsp3) is 0.194. The number of nitrogen functional groups attached to an aromatic ring is 1. The Kier molecular flexibility index (Phi) is 6.23. The van der Waals surface area contributed by atoms with E-state index in [0.29, 0.717) is 39.8 Å². The number of esters is 1. The molecular weight excluding hydrogens is 497 g/mol. The molecule has 0 atom stereocenters. The zero-order valence-electron chi connectivity index (χ0n) is 21.4. The van der Waals surface area contributed by atoms with Gasteiger partial charge in [0.15, 0.2) is 5.78 Å². The molecule has 0 radical (unpaired) electrons. The first-order chi connectivity index (χ1) is 19.0. The number of unbranched alkanes of at least 4 members (excludes halogenated alkanes) is 1. The van der Waals surface area contributed by atoms with E-state index >= 15 is 4.39 Å². The number of nitrogens with two attached hydrogens (primary N) is 1. The molecular formula is C31H26FN3O4. The van der Waals surface area contributed by atoms with Crippen molar-refractivity contribution in [3.63, 3.8) is 0 Å². The van der Waals surface area contributed by atoms with Crippen molar-refractivity contribution in [2.45, 2.75) is 32.7 Å². The number of hydrogen-bond donors (Lipinski definition) is 1. The largest absolute Gasteiger partial charge is 0.463 e. The van der Waals surface area contributed by atoms with Gasteiger partial charge in [-0.05, 0) is 36.2 Å². The molecule has 2 aromatic carbocycles. The van der Waals surface area contributed by atoms with E-state index < -0.39 is 11.8 Å². The van der Waals surface area contributed by atoms with E-state index in [2.05, 4.69) is 4.98 Å². The summed E-state index contributed by atoms with van der Waals surface area (Å²) in [5.74, 6) is -0.918. The highest BCUT2D eigenvalue weighted by molar-refractivity contribution is 6.29. The summed E-state index contributed by atoms with van der Waals surface area (Å²) < 4.78 is 28.6. The molecule has 0 amide bonds. The molecule has 39 heavy (non-hydrogen) atoms. The zero-order chi connectivity index (χ0) is 27.1. The number of ketones is 1. The normalized spacial score (nSPS) is 13.5. The second kappa shape index (κ2) is 9.87. The van der Waals surface area contributed by atoms with E-state index in [9.17, 15) is 9.59 Å². The zero-order valence-corrected chi connectivity index (χ0v) is 21.4. The van der Waals surface area contributed by atoms with Crippen LogP contribution in [0.1, 0.15) is 47.8 Å². The minimum absolute atomic E-state index is 0.151. The topological polar surface area (TPSA) is 100 Å². The molecule has 0 unspecified atom stereocenters. The van der Waals surface area contributed by atoms with Gasteiger partial charge in [-0.1, -0.05) is 49.8 Å². The van der Waals surface area contributed by atoms with Crippen LogP contribution in [0.2, 0.25) is 0 Å². The van der Waals surface area contributed by atoms with Crippen molar-refractivity contribution in [1.29, 1.82) is 0 Å². The SMILES string of the molecule is CCCCOC(=O)c1c(C2=CC=CCC2=O)c2c3occc3c(F)cc2n1Cc1cc(N)nc2ccccc12. The number of rotatable bonds is 7. The summed E-state index contributed by atoms with van der Waals surface area (Å²) in [4.78, 5) is 31.4. The summed E-state index contributed by atoms with van der Waals surface area (Å²) in [7, 11) is 0. The number of ether oxygens (including phenoxy) is 1. The van der Waals surface area contributed by atoms with Crippen molar-refractivity contribution in [1.82, 2.24) is 9.55 Å². The van der Waals surface area contributed by atoms with E-state index in [1.165, 1.54) is 12.3 Å². The van der Waals surface area contributed by atoms with Gasteiger partial charge in [0.25, 0.3) is 0 Å². The number of hydrogen-bond acceptors (Lipinski definition) is 6. The number of pyridine rings is 1. The van der Waals surface area contributed by atoms with Gasteiger partial charge in [-0.25, -0.2) is 14.2 Å². The van der Waals surface area contributed by atoms with Crippen LogP contribution in [0.4, 0.5) is 10.2 Å². The van der Waals surface area contributed by atoms with Gasteiger partial charge in [0.1, 0.15) is 22.9 Å². The second-order valence-electron chi connectivity index (χ2n) is 9.57. The highest BCUT2D eigenvalue weighted by atomic mass is 19.1. The average molecular weight is 524 g/mol. The highest BCUT2D eigenvalue weighted by Gasteiger charge is 2.32. The van der Waals surface area contributed by atoms with Crippen molar-refractivity contribution in [3.05, 3.63) is 89.6 Å². The van der Waals surface area contributed by atoms with Crippen molar-refractivity contribution in [2.75, 3.05) is 12.3 Å². The van der Waals surface area contributed by atoms with E-state index in [0.717, 1.165) is 17.4 Å². The number of furan rings is 1. The molecule has 2 N–H and O–H groups in total. The first-order valence-electron chi connectivity index (χ1n) is 12.9. The molecule has 3 heterocycles. The molecule has 6 rings (SSSR count). The van der Waals surface area contributed by atoms with Crippen molar-refractivity contribution >= 4 is 55.9 Å². The van der Waals surface area contributed by atoms with Crippen LogP contribution >= 0.6 is 0 Å². The lowest BCUT2D eigenvalue weighted by atomic mass is 9.93. The van der Waals surface area contributed by atoms with Crippen molar-refractivity contribution in [2.24, 2.45) is 0 Å². The summed E-state index contributed by atoms with van der Waals surface area (Å²) >= 11 is 0. The van der Waals surface area contributed by atoms with Crippen LogP contribution in [0.25, 0.3) is 38.3 Å². The number of carbonyl (C=O) groups is 2. The Bertz CT molecular complexity index is 1840. The van der Waals surface area contributed by atoms with E-state index in [1.807, 2.05) is 31.2 Å². The number of halogens is 1. The van der Waals surface area contributed by atoms with Gasteiger partial charge in [0.2, 0.25) is 0 Å². The third-order valence-corrected chi connectivity index (χ3v) is 7.06. The number of para-hydroxylation sites is 1. The Balaban J connectivity index is 1.70. The summed E-state index contributed by atoms with van der Waals surface area (Å²) in [6.07, 6.45) is 8.36. The Morgan fingerprint density at radius 3 is 2.87 bits per heavy atom. The number of aromatic nitrogens is 2. The summed E-state index contributed by atoms with van der Waals surface area (Å²) in [5.41, 5.74) is 9.21. The predicted molar refractivity (Wildman–Crippen MR) is 149 cm³/mol. The molecule has 3 aromatic heterocycles. The van der Waals surface area contributed by atoms with Gasteiger partial charge >= 0.3 is 5.97 Å². The van der Waals surface area contributed by atoms with Crippen molar-refractivity contribution in [3.8, 4) is 0 Å². The number of benzene rings is 2. The standard InChI is InChI=1S/C31H26FN3O4/c1-2-3-13-39-31(37)29-27(21-9-5-7-11-25(21)36)28-24(16-22(32)20-12-14-38-30(20)28)35(29)17-18-15-26(33)34-23-10-6-4-8-19(18)23/h4-10,12,14-16H,2-3,11,13,17H2,1H3,(H2,33,34). The minimum Gasteiger partial charge on any atom is -0.463 e. The van der Waals surface area contributed by atoms with E-state index in [4.69, 9.17) is 14.9 Å². The third-order valence-electron chi connectivity index (χ3n) is 7.06. The quantitative estimate of drug-likeness (QED) is 0.191. The van der Waals surface area contributed by atoms with Gasteiger partial charge < -0.3 is 19.5 Å². The second-order valence-corrected chi connectivity index (χ2v) is 9.57. The fourth-order valence-corrected chi connectivity index (χ4v) is 5.26. The number of allylic oxidation sites excluding steroid dienone is 4. The number of nitrogens with zero attached hydrogens (tertiary/aromatic N) is 2. The van der Waals surface area contributed by atoms with Crippen molar-refractivity contribution < 1.29 is 23.1 Å². The molecule has 1 aliphatic carbocycles. The maximum Gasteiger partial charge on any atom is 0.355 e. The minimum atomic E-state index is -0.593. The van der Waals surface area contributed by atoms with Crippen LogP contribution < -0.4 is 5.73 Å². The smallest absolute Gasteiger partial charge is 0.355 e. The van der Waals surface area contributed by atoms with Gasteiger partial charge in [-0.3, -0.25) is 4.79 Å². The number of Topliss-reactive ketones (excluding diaryl/α,β-unsaturated/α-hetero) is 1. The van der Waals surface area contributed by atoms with E-state index in [-0.39, 0.29) is 42.0 Å². The van der Waals surface area contributed by atoms with Crippen LogP contribution in [0, 0.1) is 5.82 Å². The number of anilines is 1. The summed E-state index contributed by atoms with van der Waals surface area (Å²) in [6.45, 7) is 2.38. The lowest BCUT2D eigenvalue weighted by molar-refractivity contribution is -0.113. The van der Waals surface area contributed by atoms with Gasteiger partial charge in [-0.2, -0.15) is 0 Å². The van der Waals surface area contributed by atoms with Gasteiger partial charge in [-0.15, -0.1) is 0 Å². The number of carbonyl (C=O) groups excluding carboxylic acids is 2. The maximum absolute atomic E-state index is 15.4. The lowest BCUT2D eigenvalue weighted by Gasteiger charge is -2.15. The monoisotopic (exact) mass is 523 g/mol. The Morgan fingerprint density at radius 1 is 1.21 bits per heavy atom. The lowest BCUT2D eigenvalue weighted by Crippen LogP contribution is -2.17. The molecule has 7 nitrogen and oxygen atoms in total. The van der Waals surface area contributed by atoms with Crippen LogP contribution in [0.15, 0.2) is 71.4 Å². The highest BCUT2D eigenvalue weighted by Crippen LogP contribution is 2.41. The summed E-state index contributed by atoms with van der Waals surface area (Å²) in [6, 6.07) is 12.2. The van der Waals surface area contributed by atoms with Crippen LogP contribution in [0.3, 0.4) is 0 Å². The molecule has 5 aromatic rings. The van der Waals surface area contributed by atoms with Crippen LogP contribution in [-0.4, -0.2) is 27.9 Å². The number of fused-ring (bicyclic) bond motifs is 4. The fourth-order valence-electron chi connectivity index (χ4n) is 5.26. The van der Waals surface area contributed by atoms with Crippen LogP contribution in [-0.2, 0) is 16.1 Å². The molecule has 8 heteroatoms. The Labute approximate surface area is 223 Å². The molecule has 196 valence electrons. The van der Waals surface area contributed by atoms with Gasteiger partial charge in [0, 0.05) is 29.5 Å². The molecule has 0 saturated heterocycles. The molecule has 0 spiro atoms. The van der Waals surface area contributed by atoms with Gasteiger partial charge in [0.05, 0.1) is 34.7 Å². The third kappa shape index (κ3) is 4.18.